The normalized spacial score (nSPS) is 10.6. The first-order valence-corrected chi connectivity index (χ1v) is 5.88. The molecule has 1 aromatic rings. The van der Waals surface area contributed by atoms with Crippen LogP contribution in [-0.2, 0) is 11.3 Å². The number of ether oxygens (including phenoxy) is 1. The van der Waals surface area contributed by atoms with Crippen LogP contribution in [-0.4, -0.2) is 33.9 Å². The molecular formula is C13H21FN2O. The van der Waals surface area contributed by atoms with Crippen molar-refractivity contribution in [2.45, 2.75) is 13.5 Å². The lowest BCUT2D eigenvalue weighted by Gasteiger charge is -2.21. The molecule has 0 saturated heterocycles. The molecule has 0 aliphatic rings. The van der Waals surface area contributed by atoms with Gasteiger partial charge < -0.3 is 15.0 Å². The molecule has 0 aliphatic carbocycles. The van der Waals surface area contributed by atoms with Gasteiger partial charge in [-0.1, -0.05) is 0 Å². The highest BCUT2D eigenvalue weighted by molar-refractivity contribution is 5.53. The average molecular weight is 240 g/mol. The summed E-state index contributed by atoms with van der Waals surface area (Å²) in [6.45, 7) is 5.06. The highest BCUT2D eigenvalue weighted by atomic mass is 19.1. The van der Waals surface area contributed by atoms with E-state index < -0.39 is 0 Å². The van der Waals surface area contributed by atoms with Gasteiger partial charge in [-0.2, -0.15) is 0 Å². The topological polar surface area (TPSA) is 24.5 Å². The Balaban J connectivity index is 2.69. The number of anilines is 1. The van der Waals surface area contributed by atoms with Crippen LogP contribution in [0.25, 0.3) is 0 Å². The summed E-state index contributed by atoms with van der Waals surface area (Å²) in [6, 6.07) is 4.91. The van der Waals surface area contributed by atoms with Gasteiger partial charge in [-0.3, -0.25) is 0 Å². The second-order valence-electron chi connectivity index (χ2n) is 3.96. The quantitative estimate of drug-likeness (QED) is 0.738. The van der Waals surface area contributed by atoms with Gasteiger partial charge in [0.25, 0.3) is 0 Å². The van der Waals surface area contributed by atoms with Gasteiger partial charge in [0.2, 0.25) is 0 Å². The Hall–Kier alpha value is -1.13. The van der Waals surface area contributed by atoms with Crippen molar-refractivity contribution < 1.29 is 9.13 Å². The van der Waals surface area contributed by atoms with Gasteiger partial charge in [0.15, 0.2) is 0 Å². The van der Waals surface area contributed by atoms with E-state index in [-0.39, 0.29) is 5.82 Å². The first kappa shape index (κ1) is 13.9. The molecule has 3 nitrogen and oxygen atoms in total. The molecule has 17 heavy (non-hydrogen) atoms. The van der Waals surface area contributed by atoms with Crippen molar-refractivity contribution in [3.63, 3.8) is 0 Å². The van der Waals surface area contributed by atoms with Gasteiger partial charge in [0.05, 0.1) is 6.61 Å². The number of hydrogen-bond acceptors (Lipinski definition) is 3. The minimum Gasteiger partial charge on any atom is -0.383 e. The van der Waals surface area contributed by atoms with Crippen LogP contribution in [0.3, 0.4) is 0 Å². The number of halogens is 1. The van der Waals surface area contributed by atoms with E-state index >= 15 is 0 Å². The van der Waals surface area contributed by atoms with Crippen LogP contribution in [0.4, 0.5) is 10.1 Å². The third-order valence-electron chi connectivity index (χ3n) is 2.73. The molecule has 4 heteroatoms. The van der Waals surface area contributed by atoms with E-state index in [2.05, 4.69) is 17.1 Å². The molecule has 0 heterocycles. The fourth-order valence-corrected chi connectivity index (χ4v) is 1.64. The largest absolute Gasteiger partial charge is 0.383 e. The van der Waals surface area contributed by atoms with E-state index in [0.717, 1.165) is 24.3 Å². The maximum absolute atomic E-state index is 13.2. The van der Waals surface area contributed by atoms with Crippen molar-refractivity contribution in [1.82, 2.24) is 5.32 Å². The van der Waals surface area contributed by atoms with E-state index in [9.17, 15) is 4.39 Å². The van der Waals surface area contributed by atoms with E-state index in [1.165, 1.54) is 6.07 Å². The molecule has 0 spiro atoms. The van der Waals surface area contributed by atoms with Crippen LogP contribution in [0.1, 0.15) is 12.5 Å². The molecular weight excluding hydrogens is 219 g/mol. The third-order valence-corrected chi connectivity index (χ3v) is 2.73. The monoisotopic (exact) mass is 240 g/mol. The Morgan fingerprint density at radius 2 is 2.18 bits per heavy atom. The fourth-order valence-electron chi connectivity index (χ4n) is 1.64. The van der Waals surface area contributed by atoms with Crippen LogP contribution < -0.4 is 10.2 Å². The lowest BCUT2D eigenvalue weighted by molar-refractivity contribution is 0.199. The van der Waals surface area contributed by atoms with Crippen molar-refractivity contribution in [2.24, 2.45) is 0 Å². The van der Waals surface area contributed by atoms with E-state index in [1.807, 2.05) is 13.1 Å². The smallest absolute Gasteiger partial charge is 0.123 e. The number of nitrogens with zero attached hydrogens (tertiary/aromatic N) is 1. The third kappa shape index (κ3) is 4.32. The minimum absolute atomic E-state index is 0.193. The molecule has 0 unspecified atom stereocenters. The molecule has 0 aromatic heterocycles. The predicted molar refractivity (Wildman–Crippen MR) is 68.9 cm³/mol. The molecule has 0 radical (unpaired) electrons. The van der Waals surface area contributed by atoms with Gasteiger partial charge >= 0.3 is 0 Å². The molecule has 96 valence electrons. The molecule has 0 saturated carbocycles. The summed E-state index contributed by atoms with van der Waals surface area (Å²) < 4.78 is 18.2. The summed E-state index contributed by atoms with van der Waals surface area (Å²) in [5.74, 6) is -0.193. The zero-order valence-corrected chi connectivity index (χ0v) is 10.8. The maximum Gasteiger partial charge on any atom is 0.123 e. The Bertz CT molecular complexity index is 344. The molecule has 1 rings (SSSR count). The standard InChI is InChI=1S/C13H21FN2O/c1-4-16(2)13-6-5-12(14)9-11(13)10-15-7-8-17-3/h5-6,9,15H,4,7-8,10H2,1-3H3. The van der Waals surface area contributed by atoms with Crippen LogP contribution in [0.15, 0.2) is 18.2 Å². The molecule has 0 atom stereocenters. The van der Waals surface area contributed by atoms with Crippen LogP contribution in [0.5, 0.6) is 0 Å². The van der Waals surface area contributed by atoms with Crippen molar-refractivity contribution in [3.8, 4) is 0 Å². The SMILES string of the molecule is CCN(C)c1ccc(F)cc1CNCCOC. The van der Waals surface area contributed by atoms with Crippen molar-refractivity contribution >= 4 is 5.69 Å². The van der Waals surface area contributed by atoms with E-state index in [0.29, 0.717) is 13.2 Å². The second-order valence-corrected chi connectivity index (χ2v) is 3.96. The zero-order chi connectivity index (χ0) is 12.7. The molecule has 0 fully saturated rings. The predicted octanol–water partition coefficient (Wildman–Crippen LogP) is 2.02. The molecule has 0 amide bonds. The number of nitrogens with one attached hydrogen (secondary N) is 1. The molecule has 0 bridgehead atoms. The maximum atomic E-state index is 13.2. The van der Waals surface area contributed by atoms with Crippen molar-refractivity contribution in [2.75, 3.05) is 38.8 Å². The Kier molecular flexibility index (Phi) is 5.94. The first-order valence-electron chi connectivity index (χ1n) is 5.88. The van der Waals surface area contributed by atoms with Gasteiger partial charge in [-0.15, -0.1) is 0 Å². The summed E-state index contributed by atoms with van der Waals surface area (Å²) in [5.41, 5.74) is 2.05. The van der Waals surface area contributed by atoms with E-state index in [1.54, 1.807) is 13.2 Å². The van der Waals surface area contributed by atoms with E-state index in [4.69, 9.17) is 4.74 Å². The van der Waals surface area contributed by atoms with Crippen LogP contribution in [0, 0.1) is 5.82 Å². The van der Waals surface area contributed by atoms with Crippen molar-refractivity contribution in [3.05, 3.63) is 29.6 Å². The van der Waals surface area contributed by atoms with Gasteiger partial charge in [-0.25, -0.2) is 4.39 Å². The molecule has 0 aliphatic heterocycles. The molecule has 1 aromatic carbocycles. The number of methoxy groups -OCH3 is 1. The Labute approximate surface area is 103 Å². The van der Waals surface area contributed by atoms with Gasteiger partial charge in [0.1, 0.15) is 5.82 Å². The molecule has 1 N–H and O–H groups in total. The van der Waals surface area contributed by atoms with Crippen LogP contribution in [0.2, 0.25) is 0 Å². The summed E-state index contributed by atoms with van der Waals surface area (Å²) in [7, 11) is 3.67. The summed E-state index contributed by atoms with van der Waals surface area (Å²) in [5, 5.41) is 3.23. The number of benzene rings is 1. The van der Waals surface area contributed by atoms with Gasteiger partial charge in [-0.05, 0) is 30.7 Å². The number of rotatable bonds is 7. The highest BCUT2D eigenvalue weighted by Gasteiger charge is 2.07. The first-order chi connectivity index (χ1) is 8.19. The Morgan fingerprint density at radius 1 is 1.41 bits per heavy atom. The zero-order valence-electron chi connectivity index (χ0n) is 10.8. The summed E-state index contributed by atoms with van der Waals surface area (Å²) >= 11 is 0. The van der Waals surface area contributed by atoms with Crippen molar-refractivity contribution in [1.29, 1.82) is 0 Å². The Morgan fingerprint density at radius 3 is 2.82 bits per heavy atom. The minimum atomic E-state index is -0.193. The van der Waals surface area contributed by atoms with Crippen LogP contribution >= 0.6 is 0 Å². The average Bonchev–Trinajstić information content (AvgIpc) is 2.34. The fraction of sp³-hybridized carbons (Fsp3) is 0.538. The summed E-state index contributed by atoms with van der Waals surface area (Å²) in [6.07, 6.45) is 0. The number of hydrogen-bond donors (Lipinski definition) is 1. The highest BCUT2D eigenvalue weighted by Crippen LogP contribution is 2.20. The lowest BCUT2D eigenvalue weighted by atomic mass is 10.1. The summed E-state index contributed by atoms with van der Waals surface area (Å²) in [4.78, 5) is 2.10. The lowest BCUT2D eigenvalue weighted by Crippen LogP contribution is -2.22. The second kappa shape index (κ2) is 7.25. The van der Waals surface area contributed by atoms with Gasteiger partial charge in [0, 0.05) is 39.5 Å².